The topological polar surface area (TPSA) is 38.0 Å². The molecule has 1 aromatic carbocycles. The van der Waals surface area contributed by atoms with Gasteiger partial charge in [-0.25, -0.2) is 0 Å². The molecule has 0 fully saturated rings. The maximum atomic E-state index is 5.83. The fourth-order valence-corrected chi connectivity index (χ4v) is 3.31. The Morgan fingerprint density at radius 2 is 2.06 bits per heavy atom. The minimum absolute atomic E-state index is 0.0622. The molecule has 3 N–H and O–H groups in total. The van der Waals surface area contributed by atoms with E-state index in [1.54, 1.807) is 11.8 Å². The van der Waals surface area contributed by atoms with Gasteiger partial charge in [0.25, 0.3) is 0 Å². The second kappa shape index (κ2) is 4.15. The number of nitrogens with two attached hydrogens (primary N) is 1. The first kappa shape index (κ1) is 10.2. The van der Waals surface area contributed by atoms with Crippen LogP contribution in [-0.2, 0) is 12.8 Å². The first-order valence-corrected chi connectivity index (χ1v) is 6.71. The SMILES string of the molecule is NC1NC(C2CCc3ccccc3C2)=CS1. The van der Waals surface area contributed by atoms with Crippen LogP contribution in [0, 0.1) is 5.92 Å². The number of hydrogen-bond donors (Lipinski definition) is 2. The van der Waals surface area contributed by atoms with Gasteiger partial charge in [0.15, 0.2) is 0 Å². The van der Waals surface area contributed by atoms with Crippen molar-refractivity contribution in [3.8, 4) is 0 Å². The Kier molecular flexibility index (Phi) is 2.65. The predicted octanol–water partition coefficient (Wildman–Crippen LogP) is 2.21. The number of fused-ring (bicyclic) bond motifs is 1. The fraction of sp³-hybridized carbons (Fsp3) is 0.385. The summed E-state index contributed by atoms with van der Waals surface area (Å²) in [7, 11) is 0. The third-order valence-corrected chi connectivity index (χ3v) is 4.24. The van der Waals surface area contributed by atoms with E-state index in [9.17, 15) is 0 Å². The van der Waals surface area contributed by atoms with Crippen LogP contribution in [0.2, 0.25) is 0 Å². The zero-order valence-electron chi connectivity index (χ0n) is 9.15. The number of allylic oxidation sites excluding steroid dienone is 1. The minimum Gasteiger partial charge on any atom is -0.364 e. The Bertz CT molecular complexity index is 428. The van der Waals surface area contributed by atoms with Gasteiger partial charge in [-0.2, -0.15) is 0 Å². The van der Waals surface area contributed by atoms with Crippen LogP contribution in [0.1, 0.15) is 17.5 Å². The smallest absolute Gasteiger partial charge is 0.127 e. The molecule has 0 aromatic heterocycles. The molecule has 2 nitrogen and oxygen atoms in total. The number of aryl methyl sites for hydroxylation is 1. The monoisotopic (exact) mass is 232 g/mol. The zero-order valence-corrected chi connectivity index (χ0v) is 9.96. The number of benzene rings is 1. The number of rotatable bonds is 1. The van der Waals surface area contributed by atoms with Gasteiger partial charge in [-0.1, -0.05) is 36.0 Å². The van der Waals surface area contributed by atoms with Crippen LogP contribution >= 0.6 is 11.8 Å². The number of hydrogen-bond acceptors (Lipinski definition) is 3. The summed E-state index contributed by atoms with van der Waals surface area (Å²) in [6.07, 6.45) is 3.59. The van der Waals surface area contributed by atoms with Crippen molar-refractivity contribution in [3.63, 3.8) is 0 Å². The largest absolute Gasteiger partial charge is 0.364 e. The highest BCUT2D eigenvalue weighted by Gasteiger charge is 2.25. The third kappa shape index (κ3) is 1.85. The average molecular weight is 232 g/mol. The summed E-state index contributed by atoms with van der Waals surface area (Å²) in [5.41, 5.74) is 10.3. The molecule has 0 radical (unpaired) electrons. The lowest BCUT2D eigenvalue weighted by atomic mass is 9.82. The van der Waals surface area contributed by atoms with Crippen LogP contribution < -0.4 is 11.1 Å². The van der Waals surface area contributed by atoms with Crippen molar-refractivity contribution >= 4 is 11.8 Å². The second-order valence-corrected chi connectivity index (χ2v) is 5.50. The molecule has 1 aliphatic heterocycles. The molecule has 0 spiro atoms. The minimum atomic E-state index is 0.0622. The van der Waals surface area contributed by atoms with E-state index in [1.165, 1.54) is 29.7 Å². The van der Waals surface area contributed by atoms with Gasteiger partial charge in [0.2, 0.25) is 0 Å². The summed E-state index contributed by atoms with van der Waals surface area (Å²) >= 11 is 1.68. The molecule has 2 atom stereocenters. The predicted molar refractivity (Wildman–Crippen MR) is 68.7 cm³/mol. The molecule has 0 amide bonds. The zero-order chi connectivity index (χ0) is 11.0. The highest BCUT2D eigenvalue weighted by Crippen LogP contribution is 2.32. The first-order valence-electron chi connectivity index (χ1n) is 5.77. The van der Waals surface area contributed by atoms with E-state index in [0.717, 1.165) is 6.42 Å². The van der Waals surface area contributed by atoms with Crippen LogP contribution in [0.3, 0.4) is 0 Å². The highest BCUT2D eigenvalue weighted by atomic mass is 32.2. The lowest BCUT2D eigenvalue weighted by Crippen LogP contribution is -2.32. The molecule has 2 unspecified atom stereocenters. The summed E-state index contributed by atoms with van der Waals surface area (Å²) < 4.78 is 0. The Labute approximate surface area is 100 Å². The van der Waals surface area contributed by atoms with Crippen molar-refractivity contribution in [3.05, 3.63) is 46.5 Å². The van der Waals surface area contributed by atoms with Gasteiger partial charge in [0.05, 0.1) is 0 Å². The van der Waals surface area contributed by atoms with Crippen molar-refractivity contribution in [2.75, 3.05) is 0 Å². The summed E-state index contributed by atoms with van der Waals surface area (Å²) in [5.74, 6) is 0.635. The quantitative estimate of drug-likeness (QED) is 0.779. The Morgan fingerprint density at radius 1 is 1.25 bits per heavy atom. The van der Waals surface area contributed by atoms with Crippen LogP contribution in [-0.4, -0.2) is 5.50 Å². The molecule has 1 heterocycles. The van der Waals surface area contributed by atoms with E-state index in [2.05, 4.69) is 35.0 Å². The molecule has 84 valence electrons. The summed E-state index contributed by atoms with van der Waals surface area (Å²) in [4.78, 5) is 0. The Hall–Kier alpha value is -0.930. The van der Waals surface area contributed by atoms with Gasteiger partial charge >= 0.3 is 0 Å². The van der Waals surface area contributed by atoms with Crippen molar-refractivity contribution in [2.24, 2.45) is 11.7 Å². The summed E-state index contributed by atoms with van der Waals surface area (Å²) in [6, 6.07) is 8.78. The van der Waals surface area contributed by atoms with Gasteiger partial charge < -0.3 is 11.1 Å². The van der Waals surface area contributed by atoms with E-state index >= 15 is 0 Å². The van der Waals surface area contributed by atoms with Gasteiger partial charge in [-0.3, -0.25) is 0 Å². The molecule has 2 aliphatic rings. The lowest BCUT2D eigenvalue weighted by Gasteiger charge is -2.26. The molecule has 1 aromatic rings. The molecule has 0 saturated heterocycles. The van der Waals surface area contributed by atoms with E-state index in [-0.39, 0.29) is 5.50 Å². The summed E-state index contributed by atoms with van der Waals surface area (Å²) in [6.45, 7) is 0. The van der Waals surface area contributed by atoms with Crippen LogP contribution in [0.4, 0.5) is 0 Å². The van der Waals surface area contributed by atoms with Crippen molar-refractivity contribution in [1.29, 1.82) is 0 Å². The molecule has 3 rings (SSSR count). The molecule has 16 heavy (non-hydrogen) atoms. The van der Waals surface area contributed by atoms with E-state index in [0.29, 0.717) is 5.92 Å². The van der Waals surface area contributed by atoms with Crippen molar-refractivity contribution in [2.45, 2.75) is 24.8 Å². The maximum absolute atomic E-state index is 5.83. The first-order chi connectivity index (χ1) is 7.83. The molecule has 0 saturated carbocycles. The van der Waals surface area contributed by atoms with Gasteiger partial charge in [-0.05, 0) is 35.8 Å². The maximum Gasteiger partial charge on any atom is 0.127 e. The Morgan fingerprint density at radius 3 is 2.81 bits per heavy atom. The Balaban J connectivity index is 1.78. The van der Waals surface area contributed by atoms with Crippen LogP contribution in [0.25, 0.3) is 0 Å². The standard InChI is InChI=1S/C13H16N2S/c14-13-15-12(8-16-13)11-6-5-9-3-1-2-4-10(9)7-11/h1-4,8,11,13,15H,5-7,14H2. The van der Waals surface area contributed by atoms with Crippen molar-refractivity contribution < 1.29 is 0 Å². The fourth-order valence-electron chi connectivity index (χ4n) is 2.56. The molecule has 0 bridgehead atoms. The van der Waals surface area contributed by atoms with Crippen molar-refractivity contribution in [1.82, 2.24) is 5.32 Å². The molecule has 3 heteroatoms. The molecular weight excluding hydrogens is 216 g/mol. The molecular formula is C13H16N2S. The van der Waals surface area contributed by atoms with Gasteiger partial charge in [-0.15, -0.1) is 0 Å². The lowest BCUT2D eigenvalue weighted by molar-refractivity contribution is 0.492. The molecule has 1 aliphatic carbocycles. The number of thioether (sulfide) groups is 1. The van der Waals surface area contributed by atoms with Crippen LogP contribution in [0.5, 0.6) is 0 Å². The van der Waals surface area contributed by atoms with E-state index in [1.807, 2.05) is 0 Å². The van der Waals surface area contributed by atoms with Gasteiger partial charge in [0, 0.05) is 11.6 Å². The second-order valence-electron chi connectivity index (χ2n) is 4.48. The summed E-state index contributed by atoms with van der Waals surface area (Å²) in [5, 5.41) is 5.55. The highest BCUT2D eigenvalue weighted by molar-refractivity contribution is 8.02. The van der Waals surface area contributed by atoms with Crippen LogP contribution in [0.15, 0.2) is 35.4 Å². The normalized spacial score (nSPS) is 28.2. The number of nitrogens with one attached hydrogen (secondary N) is 1. The van der Waals surface area contributed by atoms with E-state index in [4.69, 9.17) is 5.73 Å². The average Bonchev–Trinajstić information content (AvgIpc) is 2.75. The van der Waals surface area contributed by atoms with Gasteiger partial charge in [0.1, 0.15) is 5.50 Å². The van der Waals surface area contributed by atoms with E-state index < -0.39 is 0 Å². The third-order valence-electron chi connectivity index (χ3n) is 3.44.